The number of nitrogens with zero attached hydrogens (tertiary/aromatic N) is 3. The van der Waals surface area contributed by atoms with E-state index in [1.54, 1.807) is 11.9 Å². The minimum Gasteiger partial charge on any atom is -0.370 e. The van der Waals surface area contributed by atoms with Crippen molar-refractivity contribution in [2.24, 2.45) is 11.8 Å². The van der Waals surface area contributed by atoms with Crippen LogP contribution in [-0.2, 0) is 26.7 Å². The molecule has 2 aliphatic rings. The van der Waals surface area contributed by atoms with Gasteiger partial charge in [0, 0.05) is 33.7 Å². The molecule has 0 spiro atoms. The Labute approximate surface area is 209 Å². The summed E-state index contributed by atoms with van der Waals surface area (Å²) in [6, 6.07) is 4.28. The summed E-state index contributed by atoms with van der Waals surface area (Å²) in [4.78, 5) is 17.1. The predicted octanol–water partition coefficient (Wildman–Crippen LogP) is 4.04. The third kappa shape index (κ3) is 8.84. The molecule has 1 heterocycles. The minimum absolute atomic E-state index is 0.0401. The number of carbonyl (C=O) groups excluding carboxylic acids is 1. The maximum Gasteiger partial charge on any atom is 0.416 e. The van der Waals surface area contributed by atoms with Crippen LogP contribution >= 0.6 is 0 Å². The van der Waals surface area contributed by atoms with Gasteiger partial charge in [0.2, 0.25) is 5.91 Å². The van der Waals surface area contributed by atoms with E-state index in [9.17, 15) is 22.2 Å². The number of carbonyl (C=O) groups is 1. The van der Waals surface area contributed by atoms with Gasteiger partial charge in [0.05, 0.1) is 17.1 Å². The molecule has 1 aromatic carbocycles. The van der Waals surface area contributed by atoms with Crippen molar-refractivity contribution < 1.29 is 26.9 Å². The number of hydrogen-bond acceptors (Lipinski definition) is 4. The van der Waals surface area contributed by atoms with Crippen molar-refractivity contribution >= 4 is 16.9 Å². The topological polar surface area (TPSA) is 53.1 Å². The van der Waals surface area contributed by atoms with Crippen LogP contribution in [0.5, 0.6) is 0 Å². The number of likely N-dealkylation sites (tertiary alicyclic amines) is 1. The Bertz CT molecular complexity index is 823. The van der Waals surface area contributed by atoms with Crippen molar-refractivity contribution in [2.75, 3.05) is 60.0 Å². The van der Waals surface area contributed by atoms with Gasteiger partial charge in [-0.15, -0.1) is 0 Å². The minimum atomic E-state index is -4.42. The molecule has 198 valence electrons. The Kier molecular flexibility index (Phi) is 10.6. The van der Waals surface area contributed by atoms with Crippen LogP contribution in [0.2, 0.25) is 0 Å². The molecule has 1 aliphatic heterocycles. The molecule has 1 atom stereocenters. The highest BCUT2D eigenvalue weighted by molar-refractivity contribution is 7.82. The van der Waals surface area contributed by atoms with Gasteiger partial charge in [-0.1, -0.05) is 0 Å². The van der Waals surface area contributed by atoms with E-state index in [0.717, 1.165) is 37.4 Å². The second kappa shape index (κ2) is 13.2. The first kappa shape index (κ1) is 28.1. The van der Waals surface area contributed by atoms with Crippen molar-refractivity contribution in [3.63, 3.8) is 0 Å². The van der Waals surface area contributed by atoms with Gasteiger partial charge >= 0.3 is 6.18 Å². The van der Waals surface area contributed by atoms with E-state index in [0.29, 0.717) is 5.92 Å². The van der Waals surface area contributed by atoms with Gasteiger partial charge in [0.15, 0.2) is 0 Å². The van der Waals surface area contributed by atoms with Gasteiger partial charge < -0.3 is 14.5 Å². The first-order valence-corrected chi connectivity index (χ1v) is 13.6. The van der Waals surface area contributed by atoms with Crippen molar-refractivity contribution in [1.29, 1.82) is 0 Å². The van der Waals surface area contributed by atoms with Gasteiger partial charge in [0.25, 0.3) is 0 Å². The summed E-state index contributed by atoms with van der Waals surface area (Å²) >= 11 is 0. The number of benzene rings is 1. The Morgan fingerprint density at radius 1 is 1.06 bits per heavy atom. The fourth-order valence-corrected chi connectivity index (χ4v) is 5.87. The Morgan fingerprint density at radius 3 is 2.26 bits per heavy atom. The zero-order chi connectivity index (χ0) is 25.4. The molecular formula is C25H38F3N3O3S. The lowest BCUT2D eigenvalue weighted by Gasteiger charge is -2.33. The number of halogens is 3. The normalized spacial score (nSPS) is 22.5. The highest BCUT2D eigenvalue weighted by atomic mass is 32.2. The molecule has 0 aromatic heterocycles. The van der Waals surface area contributed by atoms with Crippen LogP contribution in [0.1, 0.15) is 44.1 Å². The lowest BCUT2D eigenvalue weighted by atomic mass is 9.81. The molecular weight excluding hydrogens is 479 g/mol. The smallest absolute Gasteiger partial charge is 0.370 e. The zero-order valence-corrected chi connectivity index (χ0v) is 21.6. The van der Waals surface area contributed by atoms with Crippen LogP contribution < -0.4 is 0 Å². The van der Waals surface area contributed by atoms with Crippen LogP contribution in [0.25, 0.3) is 0 Å². The molecule has 1 aromatic rings. The molecule has 0 bridgehead atoms. The largest absolute Gasteiger partial charge is 0.416 e. The fourth-order valence-electron chi connectivity index (χ4n) is 4.90. The summed E-state index contributed by atoms with van der Waals surface area (Å²) in [7, 11) is 1.81. The van der Waals surface area contributed by atoms with E-state index in [1.165, 1.54) is 61.8 Å². The van der Waals surface area contributed by atoms with Gasteiger partial charge in [0.1, 0.15) is 17.6 Å². The van der Waals surface area contributed by atoms with Gasteiger partial charge in [-0.05, 0) is 87.7 Å². The summed E-state index contributed by atoms with van der Waals surface area (Å²) in [5.41, 5.74) is -0.776. The molecule has 1 saturated carbocycles. The maximum absolute atomic E-state index is 12.7. The fraction of sp³-hybridized carbons (Fsp3) is 0.720. The first-order valence-electron chi connectivity index (χ1n) is 12.5. The van der Waals surface area contributed by atoms with Gasteiger partial charge in [-0.25, -0.2) is 8.51 Å². The van der Waals surface area contributed by atoms with Gasteiger partial charge in [-0.2, -0.15) is 13.2 Å². The number of ether oxygens (including phenoxy) is 1. The quantitative estimate of drug-likeness (QED) is 0.416. The molecule has 1 aliphatic carbocycles. The third-order valence-electron chi connectivity index (χ3n) is 7.08. The monoisotopic (exact) mass is 517 g/mol. The number of hydrogen-bond donors (Lipinski definition) is 0. The summed E-state index contributed by atoms with van der Waals surface area (Å²) in [5, 5.41) is 0. The number of likely N-dealkylation sites (N-methyl/N-ethyl adjacent to an activating group) is 2. The number of alkyl halides is 3. The summed E-state index contributed by atoms with van der Waals surface area (Å²) in [6.45, 7) is 4.91. The number of amides is 1. The van der Waals surface area contributed by atoms with E-state index in [1.807, 2.05) is 7.05 Å². The molecule has 2 fully saturated rings. The SMILES string of the molecule is CN(CC1CCC(CN2CCCC2)CC1)C(=O)COCCN(C)S(=O)c1ccc(C(F)(F)F)cc1. The Hall–Kier alpha value is -1.49. The zero-order valence-electron chi connectivity index (χ0n) is 20.8. The second-order valence-corrected chi connectivity index (χ2v) is 11.4. The van der Waals surface area contributed by atoms with E-state index < -0.39 is 22.7 Å². The van der Waals surface area contributed by atoms with Crippen molar-refractivity contribution in [1.82, 2.24) is 14.1 Å². The van der Waals surface area contributed by atoms with Crippen LogP contribution in [0.3, 0.4) is 0 Å². The molecule has 6 nitrogen and oxygen atoms in total. The van der Waals surface area contributed by atoms with E-state index in [2.05, 4.69) is 4.90 Å². The van der Waals surface area contributed by atoms with E-state index in [4.69, 9.17) is 4.74 Å². The molecule has 0 radical (unpaired) electrons. The average molecular weight is 518 g/mol. The van der Waals surface area contributed by atoms with Crippen LogP contribution in [0, 0.1) is 11.8 Å². The Balaban J connectivity index is 1.30. The highest BCUT2D eigenvalue weighted by Crippen LogP contribution is 2.31. The number of rotatable bonds is 11. The molecule has 1 unspecified atom stereocenters. The lowest BCUT2D eigenvalue weighted by molar-refractivity contribution is -0.137. The molecule has 10 heteroatoms. The van der Waals surface area contributed by atoms with Crippen LogP contribution in [0.15, 0.2) is 29.2 Å². The molecule has 0 N–H and O–H groups in total. The van der Waals surface area contributed by atoms with E-state index in [-0.39, 0.29) is 30.6 Å². The molecule has 3 rings (SSSR count). The summed E-state index contributed by atoms with van der Waals surface area (Å²) in [6.07, 6.45) is 3.04. The van der Waals surface area contributed by atoms with E-state index >= 15 is 0 Å². The summed E-state index contributed by atoms with van der Waals surface area (Å²) in [5.74, 6) is 1.26. The average Bonchev–Trinajstić information content (AvgIpc) is 3.35. The first-order chi connectivity index (χ1) is 16.6. The maximum atomic E-state index is 12.7. The summed E-state index contributed by atoms with van der Waals surface area (Å²) < 4.78 is 57.5. The lowest BCUT2D eigenvalue weighted by Crippen LogP contribution is -2.37. The predicted molar refractivity (Wildman–Crippen MR) is 130 cm³/mol. The van der Waals surface area contributed by atoms with Crippen molar-refractivity contribution in [2.45, 2.75) is 49.6 Å². The molecule has 35 heavy (non-hydrogen) atoms. The highest BCUT2D eigenvalue weighted by Gasteiger charge is 2.30. The third-order valence-corrected chi connectivity index (χ3v) is 8.51. The van der Waals surface area contributed by atoms with Crippen LogP contribution in [0.4, 0.5) is 13.2 Å². The van der Waals surface area contributed by atoms with Gasteiger partial charge in [-0.3, -0.25) is 4.79 Å². The molecule has 1 amide bonds. The second-order valence-electron chi connectivity index (χ2n) is 9.84. The molecule has 1 saturated heterocycles. The Morgan fingerprint density at radius 2 is 1.66 bits per heavy atom. The van der Waals surface area contributed by atoms with Crippen LogP contribution in [-0.4, -0.2) is 84.3 Å². The standard InChI is InChI=1S/C25H38F3N3O3S/c1-29(17-20-5-7-21(8-6-20)18-31-13-3-4-14-31)24(32)19-34-16-15-30(2)35(33)23-11-9-22(10-12-23)25(26,27)28/h9-12,20-21H,3-8,13-19H2,1-2H3. The van der Waals surface area contributed by atoms with Crippen molar-refractivity contribution in [3.8, 4) is 0 Å². The van der Waals surface area contributed by atoms with Crippen molar-refractivity contribution in [3.05, 3.63) is 29.8 Å².